The zero-order valence-electron chi connectivity index (χ0n) is 13.6. The average molecular weight is 328 g/mol. The number of rotatable bonds is 2. The van der Waals surface area contributed by atoms with Crippen molar-refractivity contribution in [2.24, 2.45) is 4.99 Å². The van der Waals surface area contributed by atoms with Crippen molar-refractivity contribution < 1.29 is 9.18 Å². The molecule has 0 saturated carbocycles. The molecule has 1 amide bonds. The lowest BCUT2D eigenvalue weighted by molar-refractivity contribution is 0.0866. The van der Waals surface area contributed by atoms with Gasteiger partial charge >= 0.3 is 0 Å². The highest BCUT2D eigenvalue weighted by atomic mass is 19.1. The van der Waals surface area contributed by atoms with E-state index in [9.17, 15) is 9.18 Å². The Hall–Kier alpha value is -2.90. The van der Waals surface area contributed by atoms with E-state index < -0.39 is 0 Å². The topological polar surface area (TPSA) is 76.6 Å². The lowest BCUT2D eigenvalue weighted by Crippen LogP contribution is -2.48. The third-order valence-electron chi connectivity index (χ3n) is 4.12. The fraction of sp³-hybridized carbons (Fsp3) is 0.312. The molecule has 0 fully saturated rings. The molecule has 0 unspecified atom stereocenters. The molecule has 124 valence electrons. The number of H-pyrrole nitrogens is 1. The molecule has 2 aliphatic rings. The molecule has 2 aromatic rings. The third-order valence-corrected chi connectivity index (χ3v) is 4.12. The van der Waals surface area contributed by atoms with Gasteiger partial charge in [0.05, 0.1) is 12.1 Å². The van der Waals surface area contributed by atoms with Gasteiger partial charge in [-0.3, -0.25) is 19.7 Å². The number of amides is 1. The first-order chi connectivity index (χ1) is 11.4. The maximum atomic E-state index is 13.0. The average Bonchev–Trinajstić information content (AvgIpc) is 3.08. The van der Waals surface area contributed by atoms with Gasteiger partial charge in [-0.2, -0.15) is 5.10 Å². The third kappa shape index (κ3) is 2.14. The fourth-order valence-corrected chi connectivity index (χ4v) is 3.01. The number of fused-ring (bicyclic) bond motifs is 3. The molecule has 0 atom stereocenters. The maximum absolute atomic E-state index is 13.0. The zero-order chi connectivity index (χ0) is 17.1. The Balaban J connectivity index is 1.74. The monoisotopic (exact) mass is 328 g/mol. The molecule has 4 rings (SSSR count). The summed E-state index contributed by atoms with van der Waals surface area (Å²) < 4.78 is 13.0. The van der Waals surface area contributed by atoms with Crippen molar-refractivity contribution >= 4 is 29.2 Å². The van der Waals surface area contributed by atoms with Crippen LogP contribution in [0.5, 0.6) is 0 Å². The van der Waals surface area contributed by atoms with E-state index in [1.807, 2.05) is 18.7 Å². The van der Waals surface area contributed by atoms with Gasteiger partial charge in [0.25, 0.3) is 5.91 Å². The van der Waals surface area contributed by atoms with Crippen LogP contribution in [0, 0.1) is 5.82 Å². The Kier molecular flexibility index (Phi) is 2.93. The number of nitrogens with one attached hydrogen (secondary N) is 2. The molecule has 24 heavy (non-hydrogen) atoms. The second-order valence-electron chi connectivity index (χ2n) is 6.60. The van der Waals surface area contributed by atoms with Crippen molar-refractivity contribution in [2.75, 3.05) is 23.8 Å². The van der Waals surface area contributed by atoms with Crippen molar-refractivity contribution in [1.82, 2.24) is 15.1 Å². The molecule has 1 aromatic carbocycles. The van der Waals surface area contributed by atoms with Crippen LogP contribution in [0.3, 0.4) is 0 Å². The lowest BCUT2D eigenvalue weighted by Gasteiger charge is -2.30. The van der Waals surface area contributed by atoms with Crippen LogP contribution < -0.4 is 10.2 Å². The maximum Gasteiger partial charge on any atom is 0.267 e. The van der Waals surface area contributed by atoms with Crippen LogP contribution in [-0.2, 0) is 0 Å². The number of aliphatic imine (C=N–C) groups is 1. The standard InChI is InChI=1S/C16H17FN6O/c1-16(2)8-23-13-11(14(24)22(3)15(23)19-16)12(20-21-13)18-10-6-4-9(17)5-7-10/h4-7H,8H2,1-3H3,(H2,18,20,21). The Morgan fingerprint density at radius 3 is 2.71 bits per heavy atom. The van der Waals surface area contributed by atoms with Gasteiger partial charge in [-0.15, -0.1) is 0 Å². The molecule has 7 nitrogen and oxygen atoms in total. The van der Waals surface area contributed by atoms with Gasteiger partial charge in [0.2, 0.25) is 5.96 Å². The van der Waals surface area contributed by atoms with E-state index in [4.69, 9.17) is 0 Å². The summed E-state index contributed by atoms with van der Waals surface area (Å²) in [5.41, 5.74) is 0.840. The Bertz CT molecular complexity index is 854. The van der Waals surface area contributed by atoms with Crippen LogP contribution in [-0.4, -0.2) is 46.1 Å². The van der Waals surface area contributed by atoms with Gasteiger partial charge in [0, 0.05) is 12.7 Å². The summed E-state index contributed by atoms with van der Waals surface area (Å²) in [5, 5.41) is 10.3. The van der Waals surface area contributed by atoms with Crippen molar-refractivity contribution in [1.29, 1.82) is 0 Å². The first kappa shape index (κ1) is 14.7. The van der Waals surface area contributed by atoms with E-state index in [0.29, 0.717) is 35.4 Å². The quantitative estimate of drug-likeness (QED) is 0.887. The van der Waals surface area contributed by atoms with Crippen molar-refractivity contribution in [3.63, 3.8) is 0 Å². The molecule has 2 aliphatic heterocycles. The molecular formula is C16H17FN6O. The van der Waals surface area contributed by atoms with Crippen molar-refractivity contribution in [3.05, 3.63) is 35.6 Å². The number of carbonyl (C=O) groups is 1. The first-order valence-corrected chi connectivity index (χ1v) is 7.62. The summed E-state index contributed by atoms with van der Waals surface area (Å²) in [7, 11) is 1.70. The smallest absolute Gasteiger partial charge is 0.267 e. The van der Waals surface area contributed by atoms with Crippen LogP contribution in [0.1, 0.15) is 24.2 Å². The van der Waals surface area contributed by atoms with E-state index in [1.54, 1.807) is 19.2 Å². The van der Waals surface area contributed by atoms with E-state index in [2.05, 4.69) is 20.5 Å². The zero-order valence-corrected chi connectivity index (χ0v) is 13.6. The molecular weight excluding hydrogens is 311 g/mol. The fourth-order valence-electron chi connectivity index (χ4n) is 3.01. The molecule has 0 aliphatic carbocycles. The highest BCUT2D eigenvalue weighted by molar-refractivity contribution is 6.20. The Morgan fingerprint density at radius 2 is 2.00 bits per heavy atom. The normalized spacial score (nSPS) is 18.3. The van der Waals surface area contributed by atoms with Gasteiger partial charge in [0.1, 0.15) is 17.2 Å². The summed E-state index contributed by atoms with van der Waals surface area (Å²) in [6.07, 6.45) is 0. The van der Waals surface area contributed by atoms with Crippen LogP contribution >= 0.6 is 0 Å². The minimum absolute atomic E-state index is 0.184. The first-order valence-electron chi connectivity index (χ1n) is 7.62. The number of benzene rings is 1. The van der Waals surface area contributed by atoms with Gasteiger partial charge in [-0.1, -0.05) is 0 Å². The summed E-state index contributed by atoms with van der Waals surface area (Å²) in [6, 6.07) is 5.91. The number of hydrogen-bond acceptors (Lipinski definition) is 5. The number of halogens is 1. The highest BCUT2D eigenvalue weighted by Gasteiger charge is 2.44. The molecule has 0 spiro atoms. The van der Waals surface area contributed by atoms with E-state index in [-0.39, 0.29) is 17.3 Å². The minimum atomic E-state index is -0.317. The van der Waals surface area contributed by atoms with E-state index in [0.717, 1.165) is 0 Å². The van der Waals surface area contributed by atoms with E-state index in [1.165, 1.54) is 17.0 Å². The van der Waals surface area contributed by atoms with Gasteiger partial charge in [0.15, 0.2) is 5.82 Å². The number of nitrogens with zero attached hydrogens (tertiary/aromatic N) is 4. The molecule has 0 radical (unpaired) electrons. The number of hydrogen-bond donors (Lipinski definition) is 2. The van der Waals surface area contributed by atoms with Crippen LogP contribution in [0.2, 0.25) is 0 Å². The second-order valence-corrected chi connectivity index (χ2v) is 6.60. The van der Waals surface area contributed by atoms with Crippen LogP contribution in [0.4, 0.5) is 21.7 Å². The second kappa shape index (κ2) is 4.80. The molecule has 8 heteroatoms. The number of anilines is 3. The molecule has 0 saturated heterocycles. The number of carbonyl (C=O) groups excluding carboxylic acids is 1. The van der Waals surface area contributed by atoms with Crippen LogP contribution in [0.25, 0.3) is 0 Å². The molecule has 1 aromatic heterocycles. The predicted octanol–water partition coefficient (Wildman–Crippen LogP) is 2.33. The number of guanidine groups is 1. The highest BCUT2D eigenvalue weighted by Crippen LogP contribution is 2.36. The SMILES string of the molecule is CN1C(=O)c2c(n[nH]c2Nc2ccc(F)cc2)N2CC(C)(C)N=C12. The van der Waals surface area contributed by atoms with Gasteiger partial charge in [-0.25, -0.2) is 9.38 Å². The lowest BCUT2D eigenvalue weighted by atomic mass is 10.1. The van der Waals surface area contributed by atoms with Crippen molar-refractivity contribution in [3.8, 4) is 0 Å². The molecule has 3 heterocycles. The summed E-state index contributed by atoms with van der Waals surface area (Å²) >= 11 is 0. The largest absolute Gasteiger partial charge is 0.340 e. The summed E-state index contributed by atoms with van der Waals surface area (Å²) in [5.74, 6) is 1.15. The van der Waals surface area contributed by atoms with Crippen LogP contribution in [0.15, 0.2) is 29.3 Å². The molecule has 2 N–H and O–H groups in total. The summed E-state index contributed by atoms with van der Waals surface area (Å²) in [6.45, 7) is 4.68. The van der Waals surface area contributed by atoms with Gasteiger partial charge in [-0.05, 0) is 38.1 Å². The Labute approximate surface area is 138 Å². The van der Waals surface area contributed by atoms with E-state index >= 15 is 0 Å². The number of aromatic amines is 1. The van der Waals surface area contributed by atoms with Crippen molar-refractivity contribution in [2.45, 2.75) is 19.4 Å². The predicted molar refractivity (Wildman–Crippen MR) is 89.2 cm³/mol. The molecule has 0 bridgehead atoms. The summed E-state index contributed by atoms with van der Waals surface area (Å²) in [4.78, 5) is 20.8. The Morgan fingerprint density at radius 1 is 1.29 bits per heavy atom. The van der Waals surface area contributed by atoms with Gasteiger partial charge < -0.3 is 5.32 Å². The minimum Gasteiger partial charge on any atom is -0.340 e. The number of aromatic nitrogens is 2.